The summed E-state index contributed by atoms with van der Waals surface area (Å²) in [7, 11) is 0. The van der Waals surface area contributed by atoms with Gasteiger partial charge in [-0.15, -0.1) is 0 Å². The molecular weight excluding hydrogens is 384 g/mol. The highest BCUT2D eigenvalue weighted by Crippen LogP contribution is 2.68. The molecule has 0 saturated heterocycles. The van der Waals surface area contributed by atoms with E-state index in [1.54, 1.807) is 19.3 Å². The van der Waals surface area contributed by atoms with E-state index in [0.29, 0.717) is 16.2 Å². The Hall–Kier alpha value is -0.520. The van der Waals surface area contributed by atoms with Crippen molar-refractivity contribution < 1.29 is 0 Å². The first-order valence-electron chi connectivity index (χ1n) is 14.7. The van der Waals surface area contributed by atoms with E-state index in [1.165, 1.54) is 83.5 Å². The molecule has 32 heavy (non-hydrogen) atoms. The van der Waals surface area contributed by atoms with Crippen LogP contribution in [0.5, 0.6) is 0 Å². The molecule has 1 unspecified atom stereocenters. The molecule has 2 saturated carbocycles. The molecule has 0 aromatic heterocycles. The summed E-state index contributed by atoms with van der Waals surface area (Å²) >= 11 is 0. The van der Waals surface area contributed by atoms with Crippen molar-refractivity contribution in [1.82, 2.24) is 0 Å². The molecule has 0 heterocycles. The molecule has 0 heteroatoms. The first kappa shape index (κ1) is 23.2. The van der Waals surface area contributed by atoms with E-state index in [4.69, 9.17) is 0 Å². The van der Waals surface area contributed by atoms with Gasteiger partial charge < -0.3 is 0 Å². The summed E-state index contributed by atoms with van der Waals surface area (Å²) < 4.78 is 0. The second-order valence-electron chi connectivity index (χ2n) is 13.9. The third-order valence-electron chi connectivity index (χ3n) is 11.8. The van der Waals surface area contributed by atoms with Crippen LogP contribution < -0.4 is 0 Å². The van der Waals surface area contributed by atoms with Crippen molar-refractivity contribution in [1.29, 1.82) is 0 Å². The third-order valence-corrected chi connectivity index (χ3v) is 11.8. The van der Waals surface area contributed by atoms with Gasteiger partial charge in [-0.3, -0.25) is 0 Å². The minimum Gasteiger partial charge on any atom is -0.0802 e. The summed E-state index contributed by atoms with van der Waals surface area (Å²) in [4.78, 5) is 0. The van der Waals surface area contributed by atoms with Crippen molar-refractivity contribution >= 4 is 0 Å². The summed E-state index contributed by atoms with van der Waals surface area (Å²) in [6.45, 7) is 12.8. The molecule has 0 amide bonds. The van der Waals surface area contributed by atoms with E-state index in [9.17, 15) is 0 Å². The van der Waals surface area contributed by atoms with Gasteiger partial charge in [-0.05, 0) is 109 Å². The van der Waals surface area contributed by atoms with E-state index >= 15 is 0 Å². The molecule has 0 bridgehead atoms. The fourth-order valence-corrected chi connectivity index (χ4v) is 10.2. The van der Waals surface area contributed by atoms with Gasteiger partial charge in [-0.2, -0.15) is 0 Å². The number of fused-ring (bicyclic) bond motifs is 5. The maximum absolute atomic E-state index is 2.75. The van der Waals surface area contributed by atoms with Gasteiger partial charge in [-0.25, -0.2) is 0 Å². The summed E-state index contributed by atoms with van der Waals surface area (Å²) in [6, 6.07) is 0. The minimum atomic E-state index is 0.469. The molecule has 0 N–H and O–H groups in total. The van der Waals surface area contributed by atoms with Gasteiger partial charge in [0.2, 0.25) is 0 Å². The Kier molecular flexibility index (Phi) is 6.25. The highest BCUT2D eigenvalue weighted by molar-refractivity contribution is 5.49. The van der Waals surface area contributed by atoms with E-state index in [-0.39, 0.29) is 0 Å². The summed E-state index contributed by atoms with van der Waals surface area (Å²) in [5.41, 5.74) is 7.41. The number of rotatable bonds is 5. The van der Waals surface area contributed by atoms with Gasteiger partial charge in [0, 0.05) is 0 Å². The Balaban J connectivity index is 1.39. The van der Waals surface area contributed by atoms with Crippen molar-refractivity contribution in [3.8, 4) is 0 Å². The largest absolute Gasteiger partial charge is 0.0802 e. The SMILES string of the molecule is CC(C)CCC[C@@H](C)[C@H]1CC=C2C3=C(CC[C@@]21C)[C@@]1(C)CCCC2(CCCCC2)C1CC3. The van der Waals surface area contributed by atoms with Gasteiger partial charge in [0.15, 0.2) is 0 Å². The van der Waals surface area contributed by atoms with Gasteiger partial charge in [0.25, 0.3) is 0 Å². The topological polar surface area (TPSA) is 0 Å². The Bertz CT molecular complexity index is 753. The Morgan fingerprint density at radius 1 is 0.844 bits per heavy atom. The van der Waals surface area contributed by atoms with Crippen molar-refractivity contribution in [3.05, 3.63) is 22.8 Å². The smallest absolute Gasteiger partial charge is 0.00389 e. The fraction of sp³-hybridized carbons (Fsp3) is 0.875. The molecular formula is C32H52. The summed E-state index contributed by atoms with van der Waals surface area (Å²) in [6.07, 6.45) is 26.3. The Labute approximate surface area is 200 Å². The summed E-state index contributed by atoms with van der Waals surface area (Å²) in [5.74, 6) is 3.61. The standard InChI is InChI=1S/C32H52/c1-23(2)11-9-12-24(3)26-14-15-27-25-13-16-29-31(5,28(25)17-22-30(26,27)4)18-10-21-32(29)19-7-6-8-20-32/h15,23-24,26,29H,6-14,16-22H2,1-5H3/t24-,26-,29?,30-,31-/m1/s1. The molecule has 180 valence electrons. The normalized spacial score (nSPS) is 39.5. The lowest BCUT2D eigenvalue weighted by atomic mass is 9.44. The van der Waals surface area contributed by atoms with Crippen LogP contribution in [0.15, 0.2) is 22.8 Å². The predicted octanol–water partition coefficient (Wildman–Crippen LogP) is 10.0. The van der Waals surface area contributed by atoms with Crippen LogP contribution in [0.1, 0.15) is 137 Å². The van der Waals surface area contributed by atoms with Gasteiger partial charge in [-0.1, -0.05) is 91.2 Å². The van der Waals surface area contributed by atoms with Crippen LogP contribution >= 0.6 is 0 Å². The fourth-order valence-electron chi connectivity index (χ4n) is 10.2. The maximum Gasteiger partial charge on any atom is -0.00389 e. The molecule has 5 aliphatic rings. The van der Waals surface area contributed by atoms with Crippen LogP contribution in [0, 0.1) is 39.9 Å². The molecule has 2 fully saturated rings. The molecule has 0 nitrogen and oxygen atoms in total. The lowest BCUT2D eigenvalue weighted by molar-refractivity contribution is -0.0429. The van der Waals surface area contributed by atoms with Crippen LogP contribution in [-0.2, 0) is 0 Å². The zero-order valence-corrected chi connectivity index (χ0v) is 22.2. The van der Waals surface area contributed by atoms with Crippen LogP contribution in [0.2, 0.25) is 0 Å². The highest BCUT2D eigenvalue weighted by atomic mass is 14.6. The van der Waals surface area contributed by atoms with Crippen molar-refractivity contribution in [2.24, 2.45) is 39.9 Å². The maximum atomic E-state index is 2.75. The summed E-state index contributed by atoms with van der Waals surface area (Å²) in [5, 5.41) is 0. The molecule has 0 aromatic carbocycles. The lowest BCUT2D eigenvalue weighted by Crippen LogP contribution is -2.50. The average Bonchev–Trinajstić information content (AvgIpc) is 3.11. The number of hydrogen-bond donors (Lipinski definition) is 0. The highest BCUT2D eigenvalue weighted by Gasteiger charge is 2.57. The van der Waals surface area contributed by atoms with E-state index < -0.39 is 0 Å². The van der Waals surface area contributed by atoms with E-state index in [1.807, 2.05) is 16.7 Å². The Morgan fingerprint density at radius 2 is 1.59 bits per heavy atom. The molecule has 5 atom stereocenters. The van der Waals surface area contributed by atoms with Crippen LogP contribution in [-0.4, -0.2) is 0 Å². The molecule has 0 aromatic rings. The second kappa shape index (κ2) is 8.61. The second-order valence-corrected chi connectivity index (χ2v) is 13.9. The zero-order valence-electron chi connectivity index (χ0n) is 22.2. The first-order valence-corrected chi connectivity index (χ1v) is 14.7. The molecule has 5 rings (SSSR count). The quantitative estimate of drug-likeness (QED) is 0.402. The van der Waals surface area contributed by atoms with Crippen molar-refractivity contribution in [2.45, 2.75) is 137 Å². The minimum absolute atomic E-state index is 0.469. The molecule has 0 radical (unpaired) electrons. The van der Waals surface area contributed by atoms with Crippen LogP contribution in [0.4, 0.5) is 0 Å². The van der Waals surface area contributed by atoms with Gasteiger partial charge in [0.05, 0.1) is 0 Å². The third kappa shape index (κ3) is 3.60. The monoisotopic (exact) mass is 436 g/mol. The molecule has 1 spiro atoms. The van der Waals surface area contributed by atoms with Crippen molar-refractivity contribution in [2.75, 3.05) is 0 Å². The number of allylic oxidation sites excluding steroid dienone is 4. The number of hydrogen-bond acceptors (Lipinski definition) is 0. The van der Waals surface area contributed by atoms with Gasteiger partial charge in [0.1, 0.15) is 0 Å². The first-order chi connectivity index (χ1) is 15.3. The lowest BCUT2D eigenvalue weighted by Gasteiger charge is -2.60. The predicted molar refractivity (Wildman–Crippen MR) is 139 cm³/mol. The van der Waals surface area contributed by atoms with E-state index in [0.717, 1.165) is 23.7 Å². The van der Waals surface area contributed by atoms with E-state index in [2.05, 4.69) is 40.7 Å². The van der Waals surface area contributed by atoms with Crippen molar-refractivity contribution in [3.63, 3.8) is 0 Å². The molecule has 0 aliphatic heterocycles. The zero-order chi connectivity index (χ0) is 22.6. The Morgan fingerprint density at radius 3 is 2.34 bits per heavy atom. The van der Waals surface area contributed by atoms with Crippen LogP contribution in [0.25, 0.3) is 0 Å². The average molecular weight is 437 g/mol. The van der Waals surface area contributed by atoms with Gasteiger partial charge >= 0.3 is 0 Å². The van der Waals surface area contributed by atoms with Crippen LogP contribution in [0.3, 0.4) is 0 Å². The molecule has 5 aliphatic carbocycles.